The van der Waals surface area contributed by atoms with E-state index in [1.54, 1.807) is 19.1 Å². The van der Waals surface area contributed by atoms with Crippen molar-refractivity contribution in [2.75, 3.05) is 25.0 Å². The van der Waals surface area contributed by atoms with Gasteiger partial charge in [0.05, 0.1) is 11.0 Å². The zero-order valence-corrected chi connectivity index (χ0v) is 10.8. The summed E-state index contributed by atoms with van der Waals surface area (Å²) in [6, 6.07) is 4.49. The molecule has 1 aromatic carbocycles. The highest BCUT2D eigenvalue weighted by Gasteiger charge is 2.13. The van der Waals surface area contributed by atoms with Crippen LogP contribution in [-0.2, 0) is 0 Å². The first-order valence-corrected chi connectivity index (χ1v) is 5.95. The van der Waals surface area contributed by atoms with Gasteiger partial charge in [-0.15, -0.1) is 0 Å². The number of nitrogens with zero attached hydrogens (tertiary/aromatic N) is 1. The molecule has 0 unspecified atom stereocenters. The number of hydrogen-bond donors (Lipinski definition) is 3. The van der Waals surface area contributed by atoms with Gasteiger partial charge in [-0.1, -0.05) is 11.6 Å². The van der Waals surface area contributed by atoms with E-state index in [0.717, 1.165) is 0 Å². The van der Waals surface area contributed by atoms with E-state index in [1.807, 2.05) is 0 Å². The third-order valence-corrected chi connectivity index (χ3v) is 2.45. The molecular formula is C11H16ClN3O3. The van der Waals surface area contributed by atoms with Crippen LogP contribution in [0.4, 0.5) is 11.4 Å². The zero-order chi connectivity index (χ0) is 13.5. The quantitative estimate of drug-likeness (QED) is 0.399. The highest BCUT2D eigenvalue weighted by molar-refractivity contribution is 6.30. The molecule has 0 saturated heterocycles. The van der Waals surface area contributed by atoms with Crippen molar-refractivity contribution in [1.29, 1.82) is 0 Å². The molecule has 0 fully saturated rings. The second kappa shape index (κ2) is 7.15. The minimum atomic E-state index is -0.475. The molecule has 1 aromatic rings. The smallest absolute Gasteiger partial charge is 0.293 e. The van der Waals surface area contributed by atoms with Crippen LogP contribution in [0.1, 0.15) is 6.92 Å². The maximum atomic E-state index is 10.8. The van der Waals surface area contributed by atoms with Gasteiger partial charge in [0.15, 0.2) is 0 Å². The van der Waals surface area contributed by atoms with Crippen molar-refractivity contribution in [2.45, 2.75) is 13.0 Å². The molecule has 18 heavy (non-hydrogen) atoms. The first kappa shape index (κ1) is 14.7. The average molecular weight is 274 g/mol. The van der Waals surface area contributed by atoms with E-state index in [1.165, 1.54) is 6.07 Å². The summed E-state index contributed by atoms with van der Waals surface area (Å²) in [5.74, 6) is 0. The molecule has 7 heteroatoms. The van der Waals surface area contributed by atoms with Gasteiger partial charge in [0.2, 0.25) is 0 Å². The summed E-state index contributed by atoms with van der Waals surface area (Å²) >= 11 is 5.71. The predicted molar refractivity (Wildman–Crippen MR) is 71.1 cm³/mol. The molecule has 0 radical (unpaired) electrons. The van der Waals surface area contributed by atoms with Crippen molar-refractivity contribution < 1.29 is 10.0 Å². The summed E-state index contributed by atoms with van der Waals surface area (Å²) in [5, 5.41) is 26.1. The third-order valence-electron chi connectivity index (χ3n) is 2.21. The van der Waals surface area contributed by atoms with Gasteiger partial charge in [-0.3, -0.25) is 10.1 Å². The standard InChI is InChI=1S/C11H16ClN3O3/c1-8(16)7-13-4-5-14-10-3-2-9(12)6-11(10)15(17)18/h2-3,6,8,13-14,16H,4-5,7H2,1H3/t8-/m0/s1. The summed E-state index contributed by atoms with van der Waals surface area (Å²) < 4.78 is 0. The molecule has 0 saturated carbocycles. The fourth-order valence-electron chi connectivity index (χ4n) is 1.40. The summed E-state index contributed by atoms with van der Waals surface area (Å²) in [6.45, 7) is 3.30. The number of hydrogen-bond acceptors (Lipinski definition) is 5. The normalized spacial score (nSPS) is 12.2. The molecule has 0 bridgehead atoms. The highest BCUT2D eigenvalue weighted by atomic mass is 35.5. The molecule has 0 aliphatic carbocycles. The largest absolute Gasteiger partial charge is 0.392 e. The van der Waals surface area contributed by atoms with E-state index in [9.17, 15) is 10.1 Å². The summed E-state index contributed by atoms with van der Waals surface area (Å²) in [6.07, 6.45) is -0.408. The Hall–Kier alpha value is -1.37. The third kappa shape index (κ3) is 4.87. The van der Waals surface area contributed by atoms with Crippen LogP contribution in [0.3, 0.4) is 0 Å². The van der Waals surface area contributed by atoms with Crippen LogP contribution in [0.5, 0.6) is 0 Å². The lowest BCUT2D eigenvalue weighted by Crippen LogP contribution is -2.29. The number of anilines is 1. The summed E-state index contributed by atoms with van der Waals surface area (Å²) in [7, 11) is 0. The first-order valence-electron chi connectivity index (χ1n) is 5.57. The van der Waals surface area contributed by atoms with Gasteiger partial charge in [-0.05, 0) is 19.1 Å². The van der Waals surface area contributed by atoms with Gasteiger partial charge in [0, 0.05) is 30.7 Å². The fourth-order valence-corrected chi connectivity index (χ4v) is 1.57. The van der Waals surface area contributed by atoms with Crippen molar-refractivity contribution in [3.63, 3.8) is 0 Å². The molecule has 0 heterocycles. The Morgan fingerprint density at radius 3 is 2.83 bits per heavy atom. The SMILES string of the molecule is C[C@H](O)CNCCNc1ccc(Cl)cc1[N+](=O)[O-]. The zero-order valence-electron chi connectivity index (χ0n) is 10.0. The number of benzene rings is 1. The van der Waals surface area contributed by atoms with Crippen LogP contribution in [0.15, 0.2) is 18.2 Å². The second-order valence-electron chi connectivity index (χ2n) is 3.90. The summed E-state index contributed by atoms with van der Waals surface area (Å²) in [4.78, 5) is 10.3. The minimum absolute atomic E-state index is 0.0435. The molecular weight excluding hydrogens is 258 g/mol. The fraction of sp³-hybridized carbons (Fsp3) is 0.455. The number of halogens is 1. The molecule has 0 aromatic heterocycles. The van der Waals surface area contributed by atoms with Crippen LogP contribution in [-0.4, -0.2) is 35.8 Å². The number of nitro benzene ring substituents is 1. The molecule has 6 nitrogen and oxygen atoms in total. The average Bonchev–Trinajstić information content (AvgIpc) is 2.29. The molecule has 0 amide bonds. The van der Waals surface area contributed by atoms with E-state index >= 15 is 0 Å². The van der Waals surface area contributed by atoms with Gasteiger partial charge < -0.3 is 15.7 Å². The molecule has 0 spiro atoms. The van der Waals surface area contributed by atoms with Crippen molar-refractivity contribution in [1.82, 2.24) is 5.32 Å². The topological polar surface area (TPSA) is 87.4 Å². The number of aliphatic hydroxyl groups excluding tert-OH is 1. The van der Waals surface area contributed by atoms with Gasteiger partial charge in [-0.2, -0.15) is 0 Å². The van der Waals surface area contributed by atoms with Crippen molar-refractivity contribution in [3.8, 4) is 0 Å². The van der Waals surface area contributed by atoms with Crippen LogP contribution < -0.4 is 10.6 Å². The first-order chi connectivity index (χ1) is 8.50. The number of rotatable bonds is 7. The van der Waals surface area contributed by atoms with Crippen LogP contribution >= 0.6 is 11.6 Å². The van der Waals surface area contributed by atoms with Crippen molar-refractivity contribution >= 4 is 23.0 Å². The van der Waals surface area contributed by atoms with Gasteiger partial charge >= 0.3 is 0 Å². The molecule has 0 aliphatic rings. The number of aliphatic hydroxyl groups is 1. The Morgan fingerprint density at radius 1 is 1.50 bits per heavy atom. The molecule has 1 atom stereocenters. The lowest BCUT2D eigenvalue weighted by molar-refractivity contribution is -0.383. The van der Waals surface area contributed by atoms with Crippen molar-refractivity contribution in [2.24, 2.45) is 0 Å². The Labute approximate surface area is 110 Å². The van der Waals surface area contributed by atoms with E-state index in [4.69, 9.17) is 16.7 Å². The Bertz CT molecular complexity index is 413. The highest BCUT2D eigenvalue weighted by Crippen LogP contribution is 2.27. The maximum absolute atomic E-state index is 10.8. The monoisotopic (exact) mass is 273 g/mol. The Balaban J connectivity index is 2.49. The maximum Gasteiger partial charge on any atom is 0.293 e. The second-order valence-corrected chi connectivity index (χ2v) is 4.33. The van der Waals surface area contributed by atoms with Gasteiger partial charge in [0.25, 0.3) is 5.69 Å². The van der Waals surface area contributed by atoms with Crippen LogP contribution in [0.25, 0.3) is 0 Å². The van der Waals surface area contributed by atoms with Gasteiger partial charge in [0.1, 0.15) is 5.69 Å². The number of nitro groups is 1. The number of nitrogens with one attached hydrogen (secondary N) is 2. The molecule has 0 aliphatic heterocycles. The predicted octanol–water partition coefficient (Wildman–Crippen LogP) is 1.63. The minimum Gasteiger partial charge on any atom is -0.392 e. The van der Waals surface area contributed by atoms with Crippen molar-refractivity contribution in [3.05, 3.63) is 33.3 Å². The van der Waals surface area contributed by atoms with Crippen LogP contribution in [0.2, 0.25) is 5.02 Å². The van der Waals surface area contributed by atoms with E-state index in [0.29, 0.717) is 30.3 Å². The summed E-state index contributed by atoms with van der Waals surface area (Å²) in [5.41, 5.74) is 0.390. The van der Waals surface area contributed by atoms with Gasteiger partial charge in [-0.25, -0.2) is 0 Å². The molecule has 1 rings (SSSR count). The Morgan fingerprint density at radius 2 is 2.22 bits per heavy atom. The molecule has 100 valence electrons. The van der Waals surface area contributed by atoms with E-state index in [-0.39, 0.29) is 5.69 Å². The van der Waals surface area contributed by atoms with Crippen LogP contribution in [0, 0.1) is 10.1 Å². The molecule has 3 N–H and O–H groups in total. The lowest BCUT2D eigenvalue weighted by Gasteiger charge is -2.09. The van der Waals surface area contributed by atoms with E-state index < -0.39 is 11.0 Å². The Kier molecular flexibility index (Phi) is 5.84. The lowest BCUT2D eigenvalue weighted by atomic mass is 10.2. The van der Waals surface area contributed by atoms with E-state index in [2.05, 4.69) is 10.6 Å².